The second kappa shape index (κ2) is 7.25. The fourth-order valence-electron chi connectivity index (χ4n) is 2.33. The molecule has 0 saturated heterocycles. The zero-order chi connectivity index (χ0) is 13.5. The highest BCUT2D eigenvalue weighted by Gasteiger charge is 2.02. The molecule has 1 heterocycles. The first kappa shape index (κ1) is 14.0. The summed E-state index contributed by atoms with van der Waals surface area (Å²) >= 11 is 0. The fourth-order valence-corrected chi connectivity index (χ4v) is 2.33. The average molecular weight is 256 g/mol. The first-order valence-corrected chi connectivity index (χ1v) is 7.37. The second-order valence-electron chi connectivity index (χ2n) is 5.24. The van der Waals surface area contributed by atoms with Crippen LogP contribution >= 0.6 is 0 Å². The Kier molecular flexibility index (Phi) is 5.34. The molecule has 0 aliphatic carbocycles. The molecule has 1 atom stereocenters. The number of aryl methyl sites for hydroxylation is 1. The van der Waals surface area contributed by atoms with Crippen LogP contribution in [-0.2, 0) is 6.42 Å². The molecule has 2 aromatic rings. The fraction of sp³-hybridized carbons (Fsp3) is 0.471. The lowest BCUT2D eigenvalue weighted by atomic mass is 10.1. The van der Waals surface area contributed by atoms with E-state index in [-0.39, 0.29) is 0 Å². The van der Waals surface area contributed by atoms with E-state index >= 15 is 0 Å². The summed E-state index contributed by atoms with van der Waals surface area (Å²) in [6.45, 7) is 5.59. The van der Waals surface area contributed by atoms with Crippen molar-refractivity contribution in [3.63, 3.8) is 0 Å². The summed E-state index contributed by atoms with van der Waals surface area (Å²) in [6.07, 6.45) is 4.69. The maximum atomic E-state index is 4.71. The van der Waals surface area contributed by atoms with Gasteiger partial charge in [-0.05, 0) is 51.3 Å². The monoisotopic (exact) mass is 256 g/mol. The van der Waals surface area contributed by atoms with Crippen molar-refractivity contribution in [2.75, 3.05) is 6.54 Å². The van der Waals surface area contributed by atoms with E-state index in [1.165, 1.54) is 30.3 Å². The minimum absolute atomic E-state index is 0.611. The molecule has 19 heavy (non-hydrogen) atoms. The van der Waals surface area contributed by atoms with Gasteiger partial charge in [-0.1, -0.05) is 31.2 Å². The van der Waals surface area contributed by atoms with Crippen LogP contribution in [0.4, 0.5) is 0 Å². The highest BCUT2D eigenvalue weighted by atomic mass is 14.9. The molecule has 1 unspecified atom stereocenters. The number of fused-ring (bicyclic) bond motifs is 1. The van der Waals surface area contributed by atoms with Crippen LogP contribution in [0.5, 0.6) is 0 Å². The van der Waals surface area contributed by atoms with E-state index < -0.39 is 0 Å². The summed E-state index contributed by atoms with van der Waals surface area (Å²) in [7, 11) is 0. The van der Waals surface area contributed by atoms with Crippen LogP contribution in [-0.4, -0.2) is 17.6 Å². The van der Waals surface area contributed by atoms with Gasteiger partial charge in [-0.25, -0.2) is 0 Å². The van der Waals surface area contributed by atoms with E-state index in [2.05, 4.69) is 55.6 Å². The van der Waals surface area contributed by atoms with Gasteiger partial charge in [0.15, 0.2) is 0 Å². The van der Waals surface area contributed by atoms with E-state index in [9.17, 15) is 0 Å². The van der Waals surface area contributed by atoms with E-state index in [1.807, 2.05) is 0 Å². The molecule has 2 rings (SSSR count). The molecule has 0 amide bonds. The largest absolute Gasteiger partial charge is 0.314 e. The first-order valence-electron chi connectivity index (χ1n) is 7.37. The lowest BCUT2D eigenvalue weighted by Gasteiger charge is -2.12. The molecule has 0 aliphatic heterocycles. The molecule has 2 heteroatoms. The van der Waals surface area contributed by atoms with Crippen LogP contribution in [0, 0.1) is 0 Å². The van der Waals surface area contributed by atoms with Crippen molar-refractivity contribution >= 4 is 10.9 Å². The predicted molar refractivity (Wildman–Crippen MR) is 82.4 cm³/mol. The Bertz CT molecular complexity index is 507. The zero-order valence-corrected chi connectivity index (χ0v) is 12.0. The van der Waals surface area contributed by atoms with Crippen molar-refractivity contribution in [3.8, 4) is 0 Å². The van der Waals surface area contributed by atoms with Gasteiger partial charge in [0.1, 0.15) is 0 Å². The van der Waals surface area contributed by atoms with Crippen LogP contribution in [0.3, 0.4) is 0 Å². The smallest absolute Gasteiger partial charge is 0.0705 e. The Morgan fingerprint density at radius 3 is 2.84 bits per heavy atom. The molecule has 0 saturated carbocycles. The minimum Gasteiger partial charge on any atom is -0.314 e. The van der Waals surface area contributed by atoms with Crippen molar-refractivity contribution in [2.24, 2.45) is 0 Å². The summed E-state index contributed by atoms with van der Waals surface area (Å²) < 4.78 is 0. The van der Waals surface area contributed by atoms with Crippen LogP contribution in [0.2, 0.25) is 0 Å². The third kappa shape index (κ3) is 4.32. The van der Waals surface area contributed by atoms with Crippen molar-refractivity contribution in [2.45, 2.75) is 45.6 Å². The summed E-state index contributed by atoms with van der Waals surface area (Å²) in [4.78, 5) is 4.71. The standard InChI is InChI=1S/C17H24N2/c1-3-13-18-14(2)7-6-9-16-12-11-15-8-4-5-10-17(15)19-16/h4-5,8,10-12,14,18H,3,6-7,9,13H2,1-2H3. The number of aromatic nitrogens is 1. The summed E-state index contributed by atoms with van der Waals surface area (Å²) in [5.74, 6) is 0. The minimum atomic E-state index is 0.611. The van der Waals surface area contributed by atoms with Gasteiger partial charge in [-0.2, -0.15) is 0 Å². The molecule has 0 spiro atoms. The van der Waals surface area contributed by atoms with Gasteiger partial charge < -0.3 is 5.32 Å². The van der Waals surface area contributed by atoms with Crippen molar-refractivity contribution in [3.05, 3.63) is 42.1 Å². The van der Waals surface area contributed by atoms with Crippen LogP contribution in [0.1, 0.15) is 38.8 Å². The molecule has 1 aromatic carbocycles. The summed E-state index contributed by atoms with van der Waals surface area (Å²) in [5, 5.41) is 4.75. The number of hydrogen-bond acceptors (Lipinski definition) is 2. The van der Waals surface area contributed by atoms with Crippen LogP contribution in [0.15, 0.2) is 36.4 Å². The van der Waals surface area contributed by atoms with Crippen molar-refractivity contribution in [1.29, 1.82) is 0 Å². The van der Waals surface area contributed by atoms with E-state index in [4.69, 9.17) is 4.98 Å². The van der Waals surface area contributed by atoms with E-state index in [0.29, 0.717) is 6.04 Å². The van der Waals surface area contributed by atoms with Gasteiger partial charge in [0.25, 0.3) is 0 Å². The van der Waals surface area contributed by atoms with Gasteiger partial charge in [-0.3, -0.25) is 4.98 Å². The highest BCUT2D eigenvalue weighted by molar-refractivity contribution is 5.78. The molecule has 102 valence electrons. The third-order valence-electron chi connectivity index (χ3n) is 3.47. The lowest BCUT2D eigenvalue weighted by molar-refractivity contribution is 0.497. The third-order valence-corrected chi connectivity index (χ3v) is 3.47. The maximum Gasteiger partial charge on any atom is 0.0705 e. The Morgan fingerprint density at radius 2 is 2.00 bits per heavy atom. The molecular weight excluding hydrogens is 232 g/mol. The molecule has 0 aliphatic rings. The van der Waals surface area contributed by atoms with Gasteiger partial charge in [0.05, 0.1) is 5.52 Å². The maximum absolute atomic E-state index is 4.71. The Balaban J connectivity index is 1.84. The second-order valence-corrected chi connectivity index (χ2v) is 5.24. The SMILES string of the molecule is CCCNC(C)CCCc1ccc2ccccc2n1. The zero-order valence-electron chi connectivity index (χ0n) is 12.0. The van der Waals surface area contributed by atoms with Gasteiger partial charge in [-0.15, -0.1) is 0 Å². The summed E-state index contributed by atoms with van der Waals surface area (Å²) in [6, 6.07) is 13.3. The Hall–Kier alpha value is -1.41. The van der Waals surface area contributed by atoms with Crippen molar-refractivity contribution < 1.29 is 0 Å². The molecular formula is C17H24N2. The summed E-state index contributed by atoms with van der Waals surface area (Å²) in [5.41, 5.74) is 2.32. The number of hydrogen-bond donors (Lipinski definition) is 1. The van der Waals surface area contributed by atoms with E-state index in [1.54, 1.807) is 0 Å². The van der Waals surface area contributed by atoms with E-state index in [0.717, 1.165) is 18.5 Å². The van der Waals surface area contributed by atoms with Crippen LogP contribution < -0.4 is 5.32 Å². The Morgan fingerprint density at radius 1 is 1.16 bits per heavy atom. The number of pyridine rings is 1. The van der Waals surface area contributed by atoms with Crippen molar-refractivity contribution in [1.82, 2.24) is 10.3 Å². The number of para-hydroxylation sites is 1. The first-order chi connectivity index (χ1) is 9.29. The lowest BCUT2D eigenvalue weighted by Crippen LogP contribution is -2.26. The quantitative estimate of drug-likeness (QED) is 0.811. The number of nitrogens with one attached hydrogen (secondary N) is 1. The molecule has 2 nitrogen and oxygen atoms in total. The highest BCUT2D eigenvalue weighted by Crippen LogP contribution is 2.13. The number of nitrogens with zero attached hydrogens (tertiary/aromatic N) is 1. The molecule has 0 radical (unpaired) electrons. The predicted octanol–water partition coefficient (Wildman–Crippen LogP) is 3.95. The molecule has 0 fully saturated rings. The number of rotatable bonds is 7. The van der Waals surface area contributed by atoms with Gasteiger partial charge >= 0.3 is 0 Å². The van der Waals surface area contributed by atoms with Crippen LogP contribution in [0.25, 0.3) is 10.9 Å². The topological polar surface area (TPSA) is 24.9 Å². The Labute approximate surface area is 116 Å². The van der Waals surface area contributed by atoms with Gasteiger partial charge in [0.2, 0.25) is 0 Å². The normalized spacial score (nSPS) is 12.7. The average Bonchev–Trinajstić information content (AvgIpc) is 2.45. The van der Waals surface area contributed by atoms with Gasteiger partial charge in [0, 0.05) is 17.1 Å². The molecule has 1 N–H and O–H groups in total. The molecule has 0 bridgehead atoms. The molecule has 1 aromatic heterocycles. The number of benzene rings is 1.